The fraction of sp³-hybridized carbons (Fsp3) is 0.500. The van der Waals surface area contributed by atoms with Crippen LogP contribution in [0.3, 0.4) is 0 Å². The molecule has 1 N–H and O–H groups in total. The molecule has 1 aliphatic carbocycles. The maximum Gasteiger partial charge on any atom is 0.248 e. The smallest absolute Gasteiger partial charge is 0.248 e. The van der Waals surface area contributed by atoms with E-state index in [-0.39, 0.29) is 11.8 Å². The van der Waals surface area contributed by atoms with Gasteiger partial charge in [-0.15, -0.1) is 0 Å². The fourth-order valence-corrected chi connectivity index (χ4v) is 3.83. The molecule has 148 valence electrons. The third kappa shape index (κ3) is 3.34. The number of hydrogen-bond donors (Lipinski definition) is 1. The van der Waals surface area contributed by atoms with Crippen LogP contribution in [-0.2, 0) is 4.79 Å². The number of aromatic nitrogens is 4. The van der Waals surface area contributed by atoms with E-state index in [0.717, 1.165) is 48.9 Å². The van der Waals surface area contributed by atoms with Crippen molar-refractivity contribution in [1.82, 2.24) is 20.2 Å². The number of allylic oxidation sites excluding steroid dienone is 2. The predicted molar refractivity (Wildman–Crippen MR) is 103 cm³/mol. The minimum Gasteiger partial charge on any atom is -0.493 e. The van der Waals surface area contributed by atoms with Crippen LogP contribution in [0.4, 0.5) is 5.95 Å². The Balaban J connectivity index is 1.69. The molecule has 0 radical (unpaired) electrons. The summed E-state index contributed by atoms with van der Waals surface area (Å²) in [5, 5.41) is 15.2. The Morgan fingerprint density at radius 2 is 2.14 bits per heavy atom. The first kappa shape index (κ1) is 18.5. The van der Waals surface area contributed by atoms with Crippen LogP contribution in [0.5, 0.6) is 11.5 Å². The van der Waals surface area contributed by atoms with Gasteiger partial charge in [-0.2, -0.15) is 4.68 Å². The van der Waals surface area contributed by atoms with E-state index >= 15 is 0 Å². The molecule has 2 heterocycles. The Morgan fingerprint density at radius 1 is 1.25 bits per heavy atom. The number of ether oxygens (including phenoxy) is 2. The molecule has 2 aliphatic rings. The number of nitrogens with zero attached hydrogens (tertiary/aromatic N) is 4. The molecule has 0 fully saturated rings. The number of benzene rings is 1. The highest BCUT2D eigenvalue weighted by Gasteiger charge is 2.36. The van der Waals surface area contributed by atoms with Gasteiger partial charge >= 0.3 is 0 Å². The number of nitrogens with one attached hydrogen (secondary N) is 1. The van der Waals surface area contributed by atoms with E-state index in [2.05, 4.69) is 27.8 Å². The van der Waals surface area contributed by atoms with E-state index in [4.69, 9.17) is 9.47 Å². The van der Waals surface area contributed by atoms with Crippen LogP contribution in [0.2, 0.25) is 0 Å². The lowest BCUT2D eigenvalue weighted by atomic mass is 9.85. The zero-order valence-electron chi connectivity index (χ0n) is 16.3. The molecule has 28 heavy (non-hydrogen) atoms. The molecule has 1 unspecified atom stereocenters. The molecule has 0 bridgehead atoms. The van der Waals surface area contributed by atoms with Gasteiger partial charge in [0.2, 0.25) is 5.95 Å². The second-order valence-corrected chi connectivity index (χ2v) is 7.11. The van der Waals surface area contributed by atoms with Crippen molar-refractivity contribution in [3.05, 3.63) is 35.0 Å². The first-order valence-electron chi connectivity index (χ1n) is 9.84. The topological polar surface area (TPSA) is 91.2 Å². The lowest BCUT2D eigenvalue weighted by Gasteiger charge is -2.31. The zero-order valence-corrected chi connectivity index (χ0v) is 16.3. The quantitative estimate of drug-likeness (QED) is 0.734. The van der Waals surface area contributed by atoms with E-state index in [1.165, 1.54) is 0 Å². The van der Waals surface area contributed by atoms with Gasteiger partial charge in [0.1, 0.15) is 6.04 Å². The number of Topliss-reactive ketones (excluding diaryl/α,β-unsaturated/α-hetero) is 1. The fourth-order valence-electron chi connectivity index (χ4n) is 3.83. The molecule has 1 atom stereocenters. The summed E-state index contributed by atoms with van der Waals surface area (Å²) in [6.45, 7) is 2.82. The minimum atomic E-state index is -0.364. The third-order valence-electron chi connectivity index (χ3n) is 5.24. The standard InChI is InChI=1S/C20H25N5O3/c1-3-4-5-11-28-16-10-9-13(12-17(16)27-2)19-18-14(7-6-8-15(18)26)21-20-22-23-24-25(19)20/h9-10,12,19H,3-8,11H2,1-2H3,(H,21,22,24). The predicted octanol–water partition coefficient (Wildman–Crippen LogP) is 3.27. The number of anilines is 1. The van der Waals surface area contributed by atoms with Crippen molar-refractivity contribution >= 4 is 11.7 Å². The first-order valence-corrected chi connectivity index (χ1v) is 9.84. The van der Waals surface area contributed by atoms with Crippen LogP contribution in [-0.4, -0.2) is 39.7 Å². The van der Waals surface area contributed by atoms with Gasteiger partial charge in [-0.05, 0) is 47.4 Å². The molecule has 1 aliphatic heterocycles. The van der Waals surface area contributed by atoms with E-state index < -0.39 is 0 Å². The maximum absolute atomic E-state index is 12.7. The highest BCUT2D eigenvalue weighted by Crippen LogP contribution is 2.41. The molecule has 8 heteroatoms. The van der Waals surface area contributed by atoms with Crippen LogP contribution >= 0.6 is 0 Å². The van der Waals surface area contributed by atoms with Gasteiger partial charge in [0, 0.05) is 17.7 Å². The molecule has 0 saturated heterocycles. The van der Waals surface area contributed by atoms with Crippen molar-refractivity contribution in [2.45, 2.75) is 51.5 Å². The molecule has 8 nitrogen and oxygen atoms in total. The summed E-state index contributed by atoms with van der Waals surface area (Å²) in [5.41, 5.74) is 2.56. The van der Waals surface area contributed by atoms with Crippen molar-refractivity contribution in [1.29, 1.82) is 0 Å². The molecule has 4 rings (SSSR count). The van der Waals surface area contributed by atoms with E-state index in [0.29, 0.717) is 30.5 Å². The molecule has 1 aromatic heterocycles. The first-order chi connectivity index (χ1) is 13.7. The Kier molecular flexibility index (Phi) is 5.27. The highest BCUT2D eigenvalue weighted by atomic mass is 16.5. The van der Waals surface area contributed by atoms with Gasteiger partial charge in [0.15, 0.2) is 17.3 Å². The average Bonchev–Trinajstić information content (AvgIpc) is 3.18. The van der Waals surface area contributed by atoms with Gasteiger partial charge in [-0.25, -0.2) is 0 Å². The minimum absolute atomic E-state index is 0.138. The number of unbranched alkanes of at least 4 members (excludes halogenated alkanes) is 2. The Bertz CT molecular complexity index is 905. The van der Waals surface area contributed by atoms with Gasteiger partial charge in [0.05, 0.1) is 13.7 Å². The molecule has 0 saturated carbocycles. The van der Waals surface area contributed by atoms with Crippen LogP contribution in [0, 0.1) is 0 Å². The summed E-state index contributed by atoms with van der Waals surface area (Å²) < 4.78 is 13.1. The Labute approximate surface area is 163 Å². The Hall–Kier alpha value is -2.90. The molecular formula is C20H25N5O3. The van der Waals surface area contributed by atoms with Crippen LogP contribution in [0.15, 0.2) is 29.5 Å². The van der Waals surface area contributed by atoms with Crippen LogP contribution in [0.1, 0.15) is 57.1 Å². The number of methoxy groups -OCH3 is 1. The van der Waals surface area contributed by atoms with Gasteiger partial charge in [-0.1, -0.05) is 30.9 Å². The van der Waals surface area contributed by atoms with Gasteiger partial charge < -0.3 is 14.8 Å². The molecule has 2 aromatic rings. The summed E-state index contributed by atoms with van der Waals surface area (Å²) in [6.07, 6.45) is 5.50. The summed E-state index contributed by atoms with van der Waals surface area (Å²) >= 11 is 0. The van der Waals surface area contributed by atoms with E-state index in [9.17, 15) is 4.79 Å². The summed E-state index contributed by atoms with van der Waals surface area (Å²) in [6, 6.07) is 5.42. The number of tetrazole rings is 1. The molecule has 0 amide bonds. The summed E-state index contributed by atoms with van der Waals surface area (Å²) in [7, 11) is 1.62. The number of rotatable bonds is 7. The SMILES string of the molecule is CCCCCOc1ccc(C2C3=C(CCCC3=O)Nc3nnnn32)cc1OC. The lowest BCUT2D eigenvalue weighted by molar-refractivity contribution is -0.116. The average molecular weight is 383 g/mol. The van der Waals surface area contributed by atoms with E-state index in [1.807, 2.05) is 18.2 Å². The summed E-state index contributed by atoms with van der Waals surface area (Å²) in [5.74, 6) is 2.04. The Morgan fingerprint density at radius 3 is 2.96 bits per heavy atom. The zero-order chi connectivity index (χ0) is 19.5. The van der Waals surface area contributed by atoms with Crippen molar-refractivity contribution in [3.63, 3.8) is 0 Å². The van der Waals surface area contributed by atoms with Crippen molar-refractivity contribution in [2.75, 3.05) is 19.0 Å². The molecule has 0 spiro atoms. The maximum atomic E-state index is 12.7. The van der Waals surface area contributed by atoms with Crippen molar-refractivity contribution in [3.8, 4) is 11.5 Å². The van der Waals surface area contributed by atoms with Crippen LogP contribution < -0.4 is 14.8 Å². The lowest BCUT2D eigenvalue weighted by Crippen LogP contribution is -2.31. The molecule has 1 aromatic carbocycles. The number of ketones is 1. The number of carbonyl (C=O) groups excluding carboxylic acids is 1. The second kappa shape index (κ2) is 8.00. The van der Waals surface area contributed by atoms with E-state index in [1.54, 1.807) is 11.8 Å². The third-order valence-corrected chi connectivity index (χ3v) is 5.24. The van der Waals surface area contributed by atoms with Crippen molar-refractivity contribution in [2.24, 2.45) is 0 Å². The monoisotopic (exact) mass is 383 g/mol. The van der Waals surface area contributed by atoms with Gasteiger partial charge in [-0.3, -0.25) is 4.79 Å². The summed E-state index contributed by atoms with van der Waals surface area (Å²) in [4.78, 5) is 12.7. The normalized spacial score (nSPS) is 18.4. The number of hydrogen-bond acceptors (Lipinski definition) is 7. The number of carbonyl (C=O) groups is 1. The van der Waals surface area contributed by atoms with Crippen molar-refractivity contribution < 1.29 is 14.3 Å². The second-order valence-electron chi connectivity index (χ2n) is 7.11. The van der Waals surface area contributed by atoms with Gasteiger partial charge in [0.25, 0.3) is 0 Å². The molecular weight excluding hydrogens is 358 g/mol. The largest absolute Gasteiger partial charge is 0.493 e. The van der Waals surface area contributed by atoms with Crippen LogP contribution in [0.25, 0.3) is 0 Å². The number of fused-ring (bicyclic) bond motifs is 1. The highest BCUT2D eigenvalue weighted by molar-refractivity contribution is 5.99.